The second-order valence-corrected chi connectivity index (χ2v) is 8.77. The number of halogens is 3. The van der Waals surface area contributed by atoms with E-state index in [-0.39, 0.29) is 33.5 Å². The standard InChI is InChI=1S/C17H14Cl3N5O6S/c1-31-11-6-7-12(13(8-11)25(29)30)21-16(32)23-15(17(18,19)20)22-14(26)9-2-4-10(5-3-9)24(27)28/h2-8,15H,1H3,(H,22,26)(H2,21,23,32). The summed E-state index contributed by atoms with van der Waals surface area (Å²) in [7, 11) is 1.36. The van der Waals surface area contributed by atoms with E-state index in [0.29, 0.717) is 0 Å². The van der Waals surface area contributed by atoms with Gasteiger partial charge in [0, 0.05) is 17.7 Å². The maximum absolute atomic E-state index is 12.5. The van der Waals surface area contributed by atoms with E-state index < -0.39 is 25.7 Å². The Morgan fingerprint density at radius 2 is 1.69 bits per heavy atom. The molecule has 0 aliphatic rings. The molecule has 0 saturated carbocycles. The predicted octanol–water partition coefficient (Wildman–Crippen LogP) is 3.92. The van der Waals surface area contributed by atoms with Crippen molar-refractivity contribution in [3.8, 4) is 5.75 Å². The monoisotopic (exact) mass is 521 g/mol. The van der Waals surface area contributed by atoms with Crippen LogP contribution in [0.3, 0.4) is 0 Å². The molecule has 2 aromatic carbocycles. The molecule has 0 spiro atoms. The van der Waals surface area contributed by atoms with Crippen molar-refractivity contribution in [3.63, 3.8) is 0 Å². The fourth-order valence-corrected chi connectivity index (χ4v) is 2.89. The van der Waals surface area contributed by atoms with Gasteiger partial charge in [0.05, 0.1) is 23.0 Å². The van der Waals surface area contributed by atoms with Gasteiger partial charge in [-0.1, -0.05) is 34.8 Å². The van der Waals surface area contributed by atoms with Crippen molar-refractivity contribution < 1.29 is 19.4 Å². The van der Waals surface area contributed by atoms with Crippen molar-refractivity contribution in [3.05, 3.63) is 68.3 Å². The molecule has 0 bridgehead atoms. The van der Waals surface area contributed by atoms with Crippen LogP contribution in [0.1, 0.15) is 10.4 Å². The lowest BCUT2D eigenvalue weighted by Gasteiger charge is -2.27. The number of carbonyl (C=O) groups is 1. The summed E-state index contributed by atoms with van der Waals surface area (Å²) in [6.45, 7) is 0. The number of alkyl halides is 3. The summed E-state index contributed by atoms with van der Waals surface area (Å²) in [5, 5.41) is 29.4. The van der Waals surface area contributed by atoms with Crippen molar-refractivity contribution in [1.82, 2.24) is 10.6 Å². The van der Waals surface area contributed by atoms with Crippen LogP contribution in [-0.2, 0) is 0 Å². The van der Waals surface area contributed by atoms with Gasteiger partial charge in [0.15, 0.2) is 5.11 Å². The Hall–Kier alpha value is -2.93. The number of nitrogens with one attached hydrogen (secondary N) is 3. The van der Waals surface area contributed by atoms with E-state index in [1.807, 2.05) is 0 Å². The third-order valence-corrected chi connectivity index (χ3v) is 4.74. The van der Waals surface area contributed by atoms with E-state index in [1.54, 1.807) is 0 Å². The van der Waals surface area contributed by atoms with E-state index in [4.69, 9.17) is 51.8 Å². The molecule has 170 valence electrons. The number of nitro benzene ring substituents is 2. The van der Waals surface area contributed by atoms with Gasteiger partial charge < -0.3 is 20.7 Å². The molecule has 1 amide bonds. The van der Waals surface area contributed by atoms with Gasteiger partial charge in [-0.05, 0) is 36.5 Å². The number of nitrogens with zero attached hydrogens (tertiary/aromatic N) is 2. The second-order valence-electron chi connectivity index (χ2n) is 5.99. The van der Waals surface area contributed by atoms with E-state index in [2.05, 4.69) is 16.0 Å². The number of methoxy groups -OCH3 is 1. The summed E-state index contributed by atoms with van der Waals surface area (Å²) in [6, 6.07) is 8.75. The molecule has 0 fully saturated rings. The van der Waals surface area contributed by atoms with Crippen LogP contribution in [0.5, 0.6) is 5.75 Å². The molecule has 1 unspecified atom stereocenters. The van der Waals surface area contributed by atoms with Gasteiger partial charge in [-0.3, -0.25) is 25.0 Å². The number of hydrogen-bond acceptors (Lipinski definition) is 7. The van der Waals surface area contributed by atoms with Crippen LogP contribution in [0.15, 0.2) is 42.5 Å². The van der Waals surface area contributed by atoms with E-state index >= 15 is 0 Å². The van der Waals surface area contributed by atoms with Crippen LogP contribution in [0, 0.1) is 20.2 Å². The largest absolute Gasteiger partial charge is 0.496 e. The molecular weight excluding hydrogens is 509 g/mol. The SMILES string of the molecule is COc1ccc(NC(=S)NC(NC(=O)c2ccc([N+](=O)[O-])cc2)C(Cl)(Cl)Cl)c([N+](=O)[O-])c1. The second kappa shape index (κ2) is 10.6. The zero-order valence-corrected chi connectivity index (χ0v) is 19.1. The van der Waals surface area contributed by atoms with Crippen LogP contribution >= 0.6 is 47.0 Å². The molecule has 2 rings (SSSR count). The van der Waals surface area contributed by atoms with Gasteiger partial charge in [-0.25, -0.2) is 0 Å². The molecule has 15 heteroatoms. The van der Waals surface area contributed by atoms with Crippen LogP contribution < -0.4 is 20.7 Å². The zero-order chi connectivity index (χ0) is 24.1. The van der Waals surface area contributed by atoms with Gasteiger partial charge in [-0.15, -0.1) is 0 Å². The maximum atomic E-state index is 12.5. The minimum absolute atomic E-state index is 0.0260. The molecule has 0 saturated heterocycles. The van der Waals surface area contributed by atoms with Crippen molar-refractivity contribution in [2.24, 2.45) is 0 Å². The van der Waals surface area contributed by atoms with Crippen LogP contribution in [0.2, 0.25) is 0 Å². The Morgan fingerprint density at radius 3 is 2.19 bits per heavy atom. The normalized spacial score (nSPS) is 11.8. The average molecular weight is 523 g/mol. The smallest absolute Gasteiger partial charge is 0.296 e. The third kappa shape index (κ3) is 6.79. The molecule has 11 nitrogen and oxygen atoms in total. The highest BCUT2D eigenvalue weighted by Gasteiger charge is 2.35. The number of carbonyl (C=O) groups excluding carboxylic acids is 1. The number of non-ortho nitro benzene ring substituents is 1. The van der Waals surface area contributed by atoms with Crippen molar-refractivity contribution in [1.29, 1.82) is 0 Å². The Bertz CT molecular complexity index is 1050. The highest BCUT2D eigenvalue weighted by atomic mass is 35.6. The number of anilines is 1. The topological polar surface area (TPSA) is 149 Å². The number of thiocarbonyl (C=S) groups is 1. The first kappa shape index (κ1) is 25.3. The van der Waals surface area contributed by atoms with Gasteiger partial charge in [0.1, 0.15) is 17.6 Å². The lowest BCUT2D eigenvalue weighted by Crippen LogP contribution is -2.56. The molecule has 2 aromatic rings. The number of hydrogen-bond donors (Lipinski definition) is 3. The molecule has 32 heavy (non-hydrogen) atoms. The number of amides is 1. The fraction of sp³-hybridized carbons (Fsp3) is 0.176. The quantitative estimate of drug-likeness (QED) is 0.162. The predicted molar refractivity (Wildman–Crippen MR) is 124 cm³/mol. The molecular formula is C17H14Cl3N5O6S. The van der Waals surface area contributed by atoms with E-state index in [1.165, 1.54) is 37.4 Å². The first-order valence-electron chi connectivity index (χ1n) is 8.44. The summed E-state index contributed by atoms with van der Waals surface area (Å²) in [4.78, 5) is 33.3. The molecule has 3 N–H and O–H groups in total. The van der Waals surface area contributed by atoms with Crippen LogP contribution in [-0.4, -0.2) is 37.9 Å². The van der Waals surface area contributed by atoms with Crippen molar-refractivity contribution in [2.45, 2.75) is 9.96 Å². The lowest BCUT2D eigenvalue weighted by atomic mass is 10.2. The van der Waals surface area contributed by atoms with Crippen molar-refractivity contribution in [2.75, 3.05) is 12.4 Å². The van der Waals surface area contributed by atoms with E-state index in [0.717, 1.165) is 12.1 Å². The molecule has 0 aromatic heterocycles. The lowest BCUT2D eigenvalue weighted by molar-refractivity contribution is -0.384. The van der Waals surface area contributed by atoms with Crippen molar-refractivity contribution >= 4 is 75.1 Å². The molecule has 0 heterocycles. The highest BCUT2D eigenvalue weighted by Crippen LogP contribution is 2.31. The van der Waals surface area contributed by atoms with Gasteiger partial charge in [0.2, 0.25) is 3.79 Å². The molecule has 0 radical (unpaired) electrons. The Morgan fingerprint density at radius 1 is 1.06 bits per heavy atom. The number of nitro groups is 2. The number of rotatable bonds is 7. The molecule has 1 atom stereocenters. The summed E-state index contributed by atoms with van der Waals surface area (Å²) in [5.41, 5.74) is -0.447. The summed E-state index contributed by atoms with van der Waals surface area (Å²) < 4.78 is 2.87. The zero-order valence-electron chi connectivity index (χ0n) is 16.0. The number of ether oxygens (including phenoxy) is 1. The highest BCUT2D eigenvalue weighted by molar-refractivity contribution is 7.80. The summed E-state index contributed by atoms with van der Waals surface area (Å²) in [5.74, 6) is -0.461. The molecule has 0 aliphatic carbocycles. The maximum Gasteiger partial charge on any atom is 0.296 e. The van der Waals surface area contributed by atoms with Gasteiger partial charge >= 0.3 is 0 Å². The van der Waals surface area contributed by atoms with E-state index in [9.17, 15) is 25.0 Å². The average Bonchev–Trinajstić information content (AvgIpc) is 2.72. The summed E-state index contributed by atoms with van der Waals surface area (Å²) in [6.07, 6.45) is -1.37. The van der Waals surface area contributed by atoms with Gasteiger partial charge in [0.25, 0.3) is 17.3 Å². The van der Waals surface area contributed by atoms with Crippen LogP contribution in [0.25, 0.3) is 0 Å². The third-order valence-electron chi connectivity index (χ3n) is 3.87. The van der Waals surface area contributed by atoms with Crippen LogP contribution in [0.4, 0.5) is 17.1 Å². The first-order valence-corrected chi connectivity index (χ1v) is 9.98. The Labute approximate surface area is 201 Å². The summed E-state index contributed by atoms with van der Waals surface area (Å²) >= 11 is 22.9. The van der Waals surface area contributed by atoms with Gasteiger partial charge in [-0.2, -0.15) is 0 Å². The minimum atomic E-state index is -2.09. The fourth-order valence-electron chi connectivity index (χ4n) is 2.33. The minimum Gasteiger partial charge on any atom is -0.496 e. The first-order chi connectivity index (χ1) is 14.9. The molecule has 0 aliphatic heterocycles. The number of benzene rings is 2. The Balaban J connectivity index is 2.16. The Kier molecular flexibility index (Phi) is 8.38.